The maximum atomic E-state index is 12.2. The van der Waals surface area contributed by atoms with Gasteiger partial charge in [-0.2, -0.15) is 0 Å². The molecule has 3 N–H and O–H groups in total. The van der Waals surface area contributed by atoms with E-state index < -0.39 is 10.8 Å². The van der Waals surface area contributed by atoms with Crippen molar-refractivity contribution in [2.24, 2.45) is 0 Å². The molecule has 0 heterocycles. The van der Waals surface area contributed by atoms with Crippen molar-refractivity contribution in [3.8, 4) is 5.75 Å². The van der Waals surface area contributed by atoms with Crippen molar-refractivity contribution in [3.63, 3.8) is 0 Å². The van der Waals surface area contributed by atoms with Gasteiger partial charge in [-0.05, 0) is 18.2 Å². The highest BCUT2D eigenvalue weighted by Crippen LogP contribution is 2.26. The van der Waals surface area contributed by atoms with Crippen LogP contribution in [0.2, 0.25) is 0 Å². The molecule has 0 aliphatic heterocycles. The van der Waals surface area contributed by atoms with Crippen LogP contribution in [0, 0.1) is 10.1 Å². The maximum Gasteiger partial charge on any atom is 0.292 e. The molecule has 2 aromatic carbocycles. The molecule has 0 atom stereocenters. The third-order valence-corrected chi connectivity index (χ3v) is 2.85. The number of rotatable bonds is 4. The zero-order chi connectivity index (χ0) is 15.4. The Bertz CT molecular complexity index is 700. The molecular formula is C14H13N3O4. The Labute approximate surface area is 120 Å². The van der Waals surface area contributed by atoms with Crippen LogP contribution in [0.1, 0.15) is 10.4 Å². The number of nitro groups is 1. The number of carbonyl (C=O) groups is 1. The fraction of sp³-hybridized carbons (Fsp3) is 0.0714. The van der Waals surface area contributed by atoms with E-state index in [1.807, 2.05) is 0 Å². The lowest BCUT2D eigenvalue weighted by atomic mass is 10.1. The maximum absolute atomic E-state index is 12.2. The number of carbonyl (C=O) groups excluding carboxylic acids is 1. The summed E-state index contributed by atoms with van der Waals surface area (Å²) >= 11 is 0. The highest BCUT2D eigenvalue weighted by molar-refractivity contribution is 6.08. The summed E-state index contributed by atoms with van der Waals surface area (Å²) in [6, 6.07) is 10.8. The summed E-state index contributed by atoms with van der Waals surface area (Å²) < 4.78 is 5.05. The standard InChI is InChI=1S/C14H13N3O4/c1-21-10-5-2-4-9(8-10)16-14(18)11-6-3-7-12(13(11)15)17(19)20/h2-8H,15H2,1H3,(H,16,18). The van der Waals surface area contributed by atoms with Crippen LogP contribution in [0.25, 0.3) is 0 Å². The molecule has 7 heteroatoms. The summed E-state index contributed by atoms with van der Waals surface area (Å²) in [6.07, 6.45) is 0. The lowest BCUT2D eigenvalue weighted by Gasteiger charge is -2.08. The summed E-state index contributed by atoms with van der Waals surface area (Å²) in [7, 11) is 1.51. The van der Waals surface area contributed by atoms with E-state index in [0.29, 0.717) is 11.4 Å². The molecule has 0 aliphatic carbocycles. The van der Waals surface area contributed by atoms with Gasteiger partial charge in [0.1, 0.15) is 11.4 Å². The molecule has 0 fully saturated rings. The van der Waals surface area contributed by atoms with Gasteiger partial charge in [0, 0.05) is 17.8 Å². The van der Waals surface area contributed by atoms with E-state index in [1.165, 1.54) is 25.3 Å². The first-order chi connectivity index (χ1) is 10.0. The third kappa shape index (κ3) is 3.08. The van der Waals surface area contributed by atoms with E-state index in [2.05, 4.69) is 5.32 Å². The molecule has 7 nitrogen and oxygen atoms in total. The largest absolute Gasteiger partial charge is 0.497 e. The minimum Gasteiger partial charge on any atom is -0.497 e. The molecular weight excluding hydrogens is 274 g/mol. The zero-order valence-electron chi connectivity index (χ0n) is 11.2. The summed E-state index contributed by atoms with van der Waals surface area (Å²) in [6.45, 7) is 0. The van der Waals surface area contributed by atoms with Crippen molar-refractivity contribution < 1.29 is 14.5 Å². The smallest absolute Gasteiger partial charge is 0.292 e. The Morgan fingerprint density at radius 2 is 2.00 bits per heavy atom. The van der Waals surface area contributed by atoms with Gasteiger partial charge in [-0.1, -0.05) is 12.1 Å². The first kappa shape index (κ1) is 14.3. The van der Waals surface area contributed by atoms with E-state index in [0.717, 1.165) is 0 Å². The van der Waals surface area contributed by atoms with Crippen molar-refractivity contribution in [2.45, 2.75) is 0 Å². The number of benzene rings is 2. The number of hydrogen-bond acceptors (Lipinski definition) is 5. The molecule has 2 aromatic rings. The number of nitrogens with one attached hydrogen (secondary N) is 1. The van der Waals surface area contributed by atoms with E-state index in [-0.39, 0.29) is 16.9 Å². The molecule has 0 radical (unpaired) electrons. The second-order valence-corrected chi connectivity index (χ2v) is 4.18. The van der Waals surface area contributed by atoms with Crippen molar-refractivity contribution in [1.82, 2.24) is 0 Å². The highest BCUT2D eigenvalue weighted by atomic mass is 16.6. The van der Waals surface area contributed by atoms with Crippen LogP contribution in [0.3, 0.4) is 0 Å². The summed E-state index contributed by atoms with van der Waals surface area (Å²) in [4.78, 5) is 22.3. The highest BCUT2D eigenvalue weighted by Gasteiger charge is 2.19. The number of hydrogen-bond donors (Lipinski definition) is 2. The summed E-state index contributed by atoms with van der Waals surface area (Å²) in [5.41, 5.74) is 5.76. The molecule has 0 bridgehead atoms. The van der Waals surface area contributed by atoms with E-state index in [9.17, 15) is 14.9 Å². The molecule has 0 unspecified atom stereocenters. The average molecular weight is 287 g/mol. The Morgan fingerprint density at radius 3 is 2.67 bits per heavy atom. The molecule has 0 spiro atoms. The molecule has 2 rings (SSSR count). The normalized spacial score (nSPS) is 9.95. The molecule has 0 saturated carbocycles. The van der Waals surface area contributed by atoms with Gasteiger partial charge < -0.3 is 15.8 Å². The van der Waals surface area contributed by atoms with Crippen molar-refractivity contribution in [2.75, 3.05) is 18.2 Å². The van der Waals surface area contributed by atoms with Gasteiger partial charge in [0.2, 0.25) is 0 Å². The summed E-state index contributed by atoms with van der Waals surface area (Å²) in [5, 5.41) is 13.4. The van der Waals surface area contributed by atoms with Crippen molar-refractivity contribution >= 4 is 23.0 Å². The van der Waals surface area contributed by atoms with Crippen LogP contribution in [-0.4, -0.2) is 17.9 Å². The van der Waals surface area contributed by atoms with Gasteiger partial charge in [0.05, 0.1) is 17.6 Å². The predicted octanol–water partition coefficient (Wildman–Crippen LogP) is 2.44. The van der Waals surface area contributed by atoms with Crippen LogP contribution < -0.4 is 15.8 Å². The topological polar surface area (TPSA) is 107 Å². The Balaban J connectivity index is 2.28. The minimum absolute atomic E-state index is 0.0482. The average Bonchev–Trinajstić information content (AvgIpc) is 2.47. The van der Waals surface area contributed by atoms with E-state index in [1.54, 1.807) is 24.3 Å². The van der Waals surface area contributed by atoms with Crippen molar-refractivity contribution in [3.05, 3.63) is 58.1 Å². The number of methoxy groups -OCH3 is 1. The van der Waals surface area contributed by atoms with Gasteiger partial charge in [0.15, 0.2) is 0 Å². The van der Waals surface area contributed by atoms with Crippen LogP contribution in [0.5, 0.6) is 5.75 Å². The minimum atomic E-state index is -0.627. The molecule has 108 valence electrons. The van der Waals surface area contributed by atoms with Gasteiger partial charge in [-0.3, -0.25) is 14.9 Å². The predicted molar refractivity (Wildman–Crippen MR) is 78.5 cm³/mol. The number of nitrogens with zero attached hydrogens (tertiary/aromatic N) is 1. The van der Waals surface area contributed by atoms with Gasteiger partial charge >= 0.3 is 0 Å². The van der Waals surface area contributed by atoms with Crippen LogP contribution in [-0.2, 0) is 0 Å². The van der Waals surface area contributed by atoms with Crippen LogP contribution >= 0.6 is 0 Å². The van der Waals surface area contributed by atoms with Gasteiger partial charge in [-0.25, -0.2) is 0 Å². The molecule has 1 amide bonds. The second kappa shape index (κ2) is 5.91. The van der Waals surface area contributed by atoms with Gasteiger partial charge in [0.25, 0.3) is 11.6 Å². The lowest BCUT2D eigenvalue weighted by Crippen LogP contribution is -2.14. The van der Waals surface area contributed by atoms with Gasteiger partial charge in [-0.15, -0.1) is 0 Å². The number of anilines is 2. The first-order valence-corrected chi connectivity index (χ1v) is 6.01. The Morgan fingerprint density at radius 1 is 1.29 bits per heavy atom. The summed E-state index contributed by atoms with van der Waals surface area (Å²) in [5.74, 6) is 0.0595. The fourth-order valence-electron chi connectivity index (χ4n) is 1.81. The molecule has 21 heavy (non-hydrogen) atoms. The monoisotopic (exact) mass is 287 g/mol. The quantitative estimate of drug-likeness (QED) is 0.510. The second-order valence-electron chi connectivity index (χ2n) is 4.18. The van der Waals surface area contributed by atoms with E-state index in [4.69, 9.17) is 10.5 Å². The SMILES string of the molecule is COc1cccc(NC(=O)c2cccc([N+](=O)[O-])c2N)c1. The van der Waals surface area contributed by atoms with Crippen LogP contribution in [0.15, 0.2) is 42.5 Å². The third-order valence-electron chi connectivity index (χ3n) is 2.85. The molecule has 0 aliphatic rings. The number of nitro benzene ring substituents is 1. The molecule has 0 saturated heterocycles. The first-order valence-electron chi connectivity index (χ1n) is 6.01. The number of nitrogen functional groups attached to an aromatic ring is 1. The zero-order valence-corrected chi connectivity index (χ0v) is 11.2. The van der Waals surface area contributed by atoms with Crippen LogP contribution in [0.4, 0.5) is 17.1 Å². The Kier molecular flexibility index (Phi) is 4.03. The molecule has 0 aromatic heterocycles. The van der Waals surface area contributed by atoms with E-state index >= 15 is 0 Å². The van der Waals surface area contributed by atoms with Crippen molar-refractivity contribution in [1.29, 1.82) is 0 Å². The fourth-order valence-corrected chi connectivity index (χ4v) is 1.81. The number of ether oxygens (including phenoxy) is 1. The Hall–Kier alpha value is -3.09. The number of para-hydroxylation sites is 1. The lowest BCUT2D eigenvalue weighted by molar-refractivity contribution is -0.383. The number of amides is 1. The number of nitrogens with two attached hydrogens (primary N) is 1.